The predicted octanol–water partition coefficient (Wildman–Crippen LogP) is 3.96. The summed E-state index contributed by atoms with van der Waals surface area (Å²) in [4.78, 5) is 0.317. The van der Waals surface area contributed by atoms with Crippen molar-refractivity contribution in [2.75, 3.05) is 7.05 Å². The fraction of sp³-hybridized carbons (Fsp3) is 0.250. The largest absolute Gasteiger partial charge is 0.243 e. The van der Waals surface area contributed by atoms with Gasteiger partial charge in [-0.1, -0.05) is 58.4 Å². The van der Waals surface area contributed by atoms with Crippen molar-refractivity contribution in [3.8, 4) is 0 Å². The summed E-state index contributed by atoms with van der Waals surface area (Å²) in [5.41, 5.74) is 2.02. The van der Waals surface area contributed by atoms with Gasteiger partial charge in [-0.3, -0.25) is 0 Å². The lowest BCUT2D eigenvalue weighted by Crippen LogP contribution is -2.29. The van der Waals surface area contributed by atoms with Crippen molar-refractivity contribution in [1.29, 1.82) is 0 Å². The topological polar surface area (TPSA) is 37.4 Å². The average Bonchev–Trinajstić information content (AvgIpc) is 2.54. The zero-order valence-electron chi connectivity index (χ0n) is 12.0. The fourth-order valence-corrected chi connectivity index (χ4v) is 3.79. The molecule has 2 aromatic rings. The molecule has 0 aliphatic carbocycles. The van der Waals surface area contributed by atoms with Crippen molar-refractivity contribution in [1.82, 2.24) is 4.31 Å². The highest BCUT2D eigenvalue weighted by atomic mass is 79.9. The molecule has 0 aliphatic rings. The molecule has 0 saturated heterocycles. The molecule has 0 aliphatic heterocycles. The molecule has 0 spiro atoms. The van der Waals surface area contributed by atoms with Gasteiger partial charge in [-0.2, -0.15) is 4.31 Å². The van der Waals surface area contributed by atoms with E-state index < -0.39 is 10.0 Å². The van der Waals surface area contributed by atoms with Crippen molar-refractivity contribution >= 4 is 26.0 Å². The molecule has 1 unspecified atom stereocenters. The molecule has 2 aromatic carbocycles. The third kappa shape index (κ3) is 3.54. The van der Waals surface area contributed by atoms with Crippen molar-refractivity contribution in [2.24, 2.45) is 0 Å². The van der Waals surface area contributed by atoms with E-state index in [-0.39, 0.29) is 6.04 Å². The zero-order chi connectivity index (χ0) is 15.5. The van der Waals surface area contributed by atoms with Gasteiger partial charge < -0.3 is 0 Å². The molecular weight excluding hydrogens is 350 g/mol. The number of benzene rings is 2. The lowest BCUT2D eigenvalue weighted by molar-refractivity contribution is 0.398. The van der Waals surface area contributed by atoms with Crippen molar-refractivity contribution in [3.63, 3.8) is 0 Å². The molecule has 1 atom stereocenters. The molecule has 5 heteroatoms. The van der Waals surface area contributed by atoms with Gasteiger partial charge in [-0.25, -0.2) is 8.42 Å². The van der Waals surface area contributed by atoms with Crippen LogP contribution in [0.5, 0.6) is 0 Å². The molecule has 0 bridgehead atoms. The first-order valence-electron chi connectivity index (χ1n) is 6.64. The summed E-state index contributed by atoms with van der Waals surface area (Å²) in [6.07, 6.45) is 0. The van der Waals surface area contributed by atoms with E-state index in [9.17, 15) is 8.42 Å². The van der Waals surface area contributed by atoms with E-state index >= 15 is 0 Å². The van der Waals surface area contributed by atoms with Gasteiger partial charge in [0.05, 0.1) is 4.90 Å². The SMILES string of the molecule is CC(c1ccccc1)N(C)S(=O)(=O)c1ccc(CBr)cc1. The van der Waals surface area contributed by atoms with Crippen LogP contribution in [0, 0.1) is 0 Å². The first-order valence-corrected chi connectivity index (χ1v) is 9.21. The lowest BCUT2D eigenvalue weighted by Gasteiger charge is -2.24. The number of hydrogen-bond acceptors (Lipinski definition) is 2. The Kier molecular flexibility index (Phi) is 5.19. The summed E-state index contributed by atoms with van der Waals surface area (Å²) in [7, 11) is -1.88. The molecule has 112 valence electrons. The van der Waals surface area contributed by atoms with Gasteiger partial charge in [0.15, 0.2) is 0 Å². The van der Waals surface area contributed by atoms with Gasteiger partial charge >= 0.3 is 0 Å². The van der Waals surface area contributed by atoms with Crippen molar-refractivity contribution in [3.05, 3.63) is 65.7 Å². The Morgan fingerprint density at radius 2 is 1.62 bits per heavy atom. The summed E-state index contributed by atoms with van der Waals surface area (Å²) in [5.74, 6) is 0. The quantitative estimate of drug-likeness (QED) is 0.749. The van der Waals surface area contributed by atoms with Gasteiger partial charge in [0.25, 0.3) is 0 Å². The third-order valence-corrected chi connectivity index (χ3v) is 6.17. The van der Waals surface area contributed by atoms with Gasteiger partial charge in [0, 0.05) is 18.4 Å². The van der Waals surface area contributed by atoms with E-state index in [1.54, 1.807) is 19.2 Å². The Hall–Kier alpha value is -1.17. The van der Waals surface area contributed by atoms with E-state index in [2.05, 4.69) is 15.9 Å². The van der Waals surface area contributed by atoms with Crippen LogP contribution < -0.4 is 0 Å². The second kappa shape index (κ2) is 6.73. The molecule has 0 N–H and O–H groups in total. The molecule has 21 heavy (non-hydrogen) atoms. The van der Waals surface area contributed by atoms with Crippen LogP contribution in [-0.4, -0.2) is 19.8 Å². The molecule has 0 radical (unpaired) electrons. The Morgan fingerprint density at radius 1 is 1.05 bits per heavy atom. The van der Waals surface area contributed by atoms with Crippen molar-refractivity contribution < 1.29 is 8.42 Å². The molecule has 2 rings (SSSR count). The van der Waals surface area contributed by atoms with E-state index in [1.807, 2.05) is 49.4 Å². The molecule has 3 nitrogen and oxygen atoms in total. The predicted molar refractivity (Wildman–Crippen MR) is 88.9 cm³/mol. The third-order valence-electron chi connectivity index (χ3n) is 3.58. The average molecular weight is 368 g/mol. The van der Waals surface area contributed by atoms with E-state index in [0.29, 0.717) is 10.2 Å². The minimum absolute atomic E-state index is 0.216. The van der Waals surface area contributed by atoms with E-state index in [4.69, 9.17) is 0 Å². The van der Waals surface area contributed by atoms with Crippen LogP contribution in [0.15, 0.2) is 59.5 Å². The molecule has 0 aromatic heterocycles. The molecule has 0 fully saturated rings. The first kappa shape index (κ1) is 16.2. The number of hydrogen-bond donors (Lipinski definition) is 0. The van der Waals surface area contributed by atoms with Gasteiger partial charge in [-0.15, -0.1) is 0 Å². The Labute approximate surface area is 134 Å². The van der Waals surface area contributed by atoms with Crippen LogP contribution in [-0.2, 0) is 15.4 Å². The summed E-state index contributed by atoms with van der Waals surface area (Å²) < 4.78 is 26.7. The van der Waals surface area contributed by atoms with Gasteiger partial charge in [0.1, 0.15) is 0 Å². The maximum absolute atomic E-state index is 12.7. The summed E-state index contributed by atoms with van der Waals surface area (Å²) in [6.45, 7) is 1.89. The normalized spacial score (nSPS) is 13.3. The number of sulfonamides is 1. The van der Waals surface area contributed by atoms with Gasteiger partial charge in [0.2, 0.25) is 10.0 Å². The summed E-state index contributed by atoms with van der Waals surface area (Å²) in [5, 5.41) is 0.712. The lowest BCUT2D eigenvalue weighted by atomic mass is 10.1. The van der Waals surface area contributed by atoms with E-state index in [0.717, 1.165) is 11.1 Å². The highest BCUT2D eigenvalue weighted by Crippen LogP contribution is 2.25. The number of rotatable bonds is 5. The second-order valence-electron chi connectivity index (χ2n) is 4.89. The van der Waals surface area contributed by atoms with Gasteiger partial charge in [-0.05, 0) is 30.2 Å². The number of nitrogens with zero attached hydrogens (tertiary/aromatic N) is 1. The van der Waals surface area contributed by atoms with Crippen molar-refractivity contribution in [2.45, 2.75) is 23.2 Å². The Morgan fingerprint density at radius 3 is 2.14 bits per heavy atom. The van der Waals surface area contributed by atoms with Crippen LogP contribution in [0.2, 0.25) is 0 Å². The van der Waals surface area contributed by atoms with E-state index in [1.165, 1.54) is 4.31 Å². The molecular formula is C16H18BrNO2S. The van der Waals surface area contributed by atoms with Crippen LogP contribution >= 0.6 is 15.9 Å². The zero-order valence-corrected chi connectivity index (χ0v) is 14.4. The minimum atomic E-state index is -3.49. The standard InChI is InChI=1S/C16H18BrNO2S/c1-13(15-6-4-3-5-7-15)18(2)21(19,20)16-10-8-14(12-17)9-11-16/h3-11,13H,12H2,1-2H3. The van der Waals surface area contributed by atoms with Crippen LogP contribution in [0.3, 0.4) is 0 Å². The number of halogens is 1. The van der Waals surface area contributed by atoms with Crippen LogP contribution in [0.1, 0.15) is 24.1 Å². The highest BCUT2D eigenvalue weighted by molar-refractivity contribution is 9.08. The Bertz CT molecular complexity index is 684. The highest BCUT2D eigenvalue weighted by Gasteiger charge is 2.26. The van der Waals surface area contributed by atoms with Crippen LogP contribution in [0.4, 0.5) is 0 Å². The second-order valence-corrected chi connectivity index (χ2v) is 7.44. The number of alkyl halides is 1. The summed E-state index contributed by atoms with van der Waals surface area (Å²) >= 11 is 3.36. The smallest absolute Gasteiger partial charge is 0.207 e. The molecule has 0 saturated carbocycles. The Balaban J connectivity index is 2.29. The monoisotopic (exact) mass is 367 g/mol. The summed E-state index contributed by atoms with van der Waals surface area (Å²) in [6, 6.07) is 16.4. The fourth-order valence-electron chi connectivity index (χ4n) is 2.07. The molecule has 0 heterocycles. The first-order chi connectivity index (χ1) is 9.96. The molecule has 0 amide bonds. The minimum Gasteiger partial charge on any atom is -0.207 e. The maximum atomic E-state index is 12.7. The van der Waals surface area contributed by atoms with Crippen LogP contribution in [0.25, 0.3) is 0 Å². The maximum Gasteiger partial charge on any atom is 0.243 e.